The van der Waals surface area contributed by atoms with Crippen LogP contribution in [0.1, 0.15) is 19.8 Å². The topological polar surface area (TPSA) is 55.4 Å². The van der Waals surface area contributed by atoms with Gasteiger partial charge in [-0.3, -0.25) is 0 Å². The van der Waals surface area contributed by atoms with E-state index in [9.17, 15) is 8.42 Å². The second-order valence-electron chi connectivity index (χ2n) is 4.95. The monoisotopic (exact) mass is 283 g/mol. The molecule has 1 aliphatic rings. The van der Waals surface area contributed by atoms with Gasteiger partial charge >= 0.3 is 0 Å². The highest BCUT2D eigenvalue weighted by Gasteiger charge is 2.15. The third-order valence-corrected chi connectivity index (χ3v) is 5.24. The third-order valence-electron chi connectivity index (χ3n) is 3.31. The second-order valence-corrected chi connectivity index (χ2v) is 7.06. The van der Waals surface area contributed by atoms with Gasteiger partial charge in [-0.2, -0.15) is 0 Å². The van der Waals surface area contributed by atoms with Crippen molar-refractivity contribution in [1.29, 1.82) is 0 Å². The van der Waals surface area contributed by atoms with Crippen molar-refractivity contribution in [3.63, 3.8) is 0 Å². The molecule has 5 heteroatoms. The fourth-order valence-corrected chi connectivity index (χ4v) is 3.50. The van der Waals surface area contributed by atoms with Crippen molar-refractivity contribution < 1.29 is 13.2 Å². The summed E-state index contributed by atoms with van der Waals surface area (Å²) < 4.78 is 29.1. The Morgan fingerprint density at radius 1 is 1.32 bits per heavy atom. The molecule has 2 rings (SSSR count). The molecule has 1 N–H and O–H groups in total. The standard InChI is InChI=1S/C14H21NO3S/c1-2-9-19(16,17)14-5-3-13(4-6-14)15-10-12-7-8-18-11-12/h3-6,12,15H,2,7-11H2,1H3. The van der Waals surface area contributed by atoms with E-state index in [1.807, 2.05) is 19.1 Å². The van der Waals surface area contributed by atoms with Crippen LogP contribution in [0.15, 0.2) is 29.2 Å². The Labute approximate surface area is 115 Å². The molecule has 1 saturated heterocycles. The van der Waals surface area contributed by atoms with E-state index in [4.69, 9.17) is 4.74 Å². The van der Waals surface area contributed by atoms with Gasteiger partial charge in [0.2, 0.25) is 0 Å². The van der Waals surface area contributed by atoms with E-state index in [1.165, 1.54) is 0 Å². The van der Waals surface area contributed by atoms with Gasteiger partial charge in [-0.1, -0.05) is 6.92 Å². The Bertz CT molecular complexity index is 490. The molecule has 1 heterocycles. The van der Waals surface area contributed by atoms with Gasteiger partial charge in [-0.25, -0.2) is 8.42 Å². The van der Waals surface area contributed by atoms with E-state index in [0.717, 1.165) is 31.9 Å². The van der Waals surface area contributed by atoms with Gasteiger partial charge in [0, 0.05) is 24.8 Å². The average molecular weight is 283 g/mol. The summed E-state index contributed by atoms with van der Waals surface area (Å²) in [5.74, 6) is 0.766. The fraction of sp³-hybridized carbons (Fsp3) is 0.571. The number of nitrogens with one attached hydrogen (secondary N) is 1. The molecule has 0 spiro atoms. The number of anilines is 1. The predicted molar refractivity (Wildman–Crippen MR) is 76.2 cm³/mol. The molecule has 1 aliphatic heterocycles. The minimum atomic E-state index is -3.11. The first kappa shape index (κ1) is 14.3. The van der Waals surface area contributed by atoms with Crippen LogP contribution in [0.5, 0.6) is 0 Å². The summed E-state index contributed by atoms with van der Waals surface area (Å²) in [6.45, 7) is 4.41. The van der Waals surface area contributed by atoms with Crippen LogP contribution in [0.3, 0.4) is 0 Å². The van der Waals surface area contributed by atoms with Crippen LogP contribution in [0.4, 0.5) is 5.69 Å². The number of hydrogen-bond acceptors (Lipinski definition) is 4. The van der Waals surface area contributed by atoms with Gasteiger partial charge in [0.25, 0.3) is 0 Å². The first-order valence-electron chi connectivity index (χ1n) is 6.76. The van der Waals surface area contributed by atoms with Crippen molar-refractivity contribution in [3.8, 4) is 0 Å². The first-order valence-corrected chi connectivity index (χ1v) is 8.41. The Morgan fingerprint density at radius 3 is 2.63 bits per heavy atom. The maximum Gasteiger partial charge on any atom is 0.178 e. The van der Waals surface area contributed by atoms with Crippen LogP contribution in [-0.2, 0) is 14.6 Å². The molecule has 0 saturated carbocycles. The van der Waals surface area contributed by atoms with E-state index in [1.54, 1.807) is 12.1 Å². The quantitative estimate of drug-likeness (QED) is 0.870. The fourth-order valence-electron chi connectivity index (χ4n) is 2.17. The van der Waals surface area contributed by atoms with Crippen LogP contribution in [-0.4, -0.2) is 33.9 Å². The van der Waals surface area contributed by atoms with Crippen molar-refractivity contribution in [2.75, 3.05) is 30.8 Å². The van der Waals surface area contributed by atoms with Gasteiger partial charge in [-0.15, -0.1) is 0 Å². The predicted octanol–water partition coefficient (Wildman–Crippen LogP) is 2.32. The number of rotatable bonds is 6. The lowest BCUT2D eigenvalue weighted by Gasteiger charge is -2.11. The lowest BCUT2D eigenvalue weighted by Crippen LogP contribution is -2.14. The highest BCUT2D eigenvalue weighted by atomic mass is 32.2. The molecule has 4 nitrogen and oxygen atoms in total. The molecule has 0 aromatic heterocycles. The van der Waals surface area contributed by atoms with Crippen LogP contribution in [0.25, 0.3) is 0 Å². The zero-order valence-corrected chi connectivity index (χ0v) is 12.1. The Morgan fingerprint density at radius 2 is 2.05 bits per heavy atom. The van der Waals surface area contributed by atoms with Crippen molar-refractivity contribution in [3.05, 3.63) is 24.3 Å². The summed E-state index contributed by atoms with van der Waals surface area (Å²) >= 11 is 0. The van der Waals surface area contributed by atoms with Crippen molar-refractivity contribution in [2.24, 2.45) is 5.92 Å². The van der Waals surface area contributed by atoms with Crippen molar-refractivity contribution in [2.45, 2.75) is 24.7 Å². The molecular weight excluding hydrogens is 262 g/mol. The Balaban J connectivity index is 1.94. The molecule has 1 aromatic rings. The maximum absolute atomic E-state index is 11.9. The minimum Gasteiger partial charge on any atom is -0.385 e. The molecule has 0 radical (unpaired) electrons. The lowest BCUT2D eigenvalue weighted by molar-refractivity contribution is 0.187. The largest absolute Gasteiger partial charge is 0.385 e. The summed E-state index contributed by atoms with van der Waals surface area (Å²) in [7, 11) is -3.11. The summed E-state index contributed by atoms with van der Waals surface area (Å²) in [6, 6.07) is 7.02. The van der Waals surface area contributed by atoms with Crippen molar-refractivity contribution in [1.82, 2.24) is 0 Å². The Hall–Kier alpha value is -1.07. The molecule has 1 fully saturated rings. The molecule has 106 valence electrons. The minimum absolute atomic E-state index is 0.208. The molecule has 1 aromatic carbocycles. The van der Waals surface area contributed by atoms with Crippen molar-refractivity contribution >= 4 is 15.5 Å². The van der Waals surface area contributed by atoms with Gasteiger partial charge in [-0.05, 0) is 37.1 Å². The van der Waals surface area contributed by atoms with Gasteiger partial charge in [0.05, 0.1) is 17.3 Å². The third kappa shape index (κ3) is 3.94. The summed E-state index contributed by atoms with van der Waals surface area (Å²) in [4.78, 5) is 0.407. The van der Waals surface area contributed by atoms with E-state index in [0.29, 0.717) is 17.2 Å². The number of hydrogen-bond donors (Lipinski definition) is 1. The van der Waals surface area contributed by atoms with E-state index < -0.39 is 9.84 Å². The van der Waals surface area contributed by atoms with Crippen LogP contribution >= 0.6 is 0 Å². The van der Waals surface area contributed by atoms with Crippen LogP contribution < -0.4 is 5.32 Å². The zero-order valence-electron chi connectivity index (χ0n) is 11.3. The smallest absolute Gasteiger partial charge is 0.178 e. The average Bonchev–Trinajstić information content (AvgIpc) is 2.90. The van der Waals surface area contributed by atoms with E-state index in [2.05, 4.69) is 5.32 Å². The van der Waals surface area contributed by atoms with Gasteiger partial charge in [0.15, 0.2) is 9.84 Å². The summed E-state index contributed by atoms with van der Waals surface area (Å²) in [5, 5.41) is 3.32. The second kappa shape index (κ2) is 6.39. The number of benzene rings is 1. The molecule has 19 heavy (non-hydrogen) atoms. The molecule has 0 aliphatic carbocycles. The molecule has 0 amide bonds. The van der Waals surface area contributed by atoms with E-state index >= 15 is 0 Å². The zero-order chi connectivity index (χ0) is 13.7. The highest BCUT2D eigenvalue weighted by Crippen LogP contribution is 2.18. The Kier molecular flexibility index (Phi) is 4.82. The SMILES string of the molecule is CCCS(=O)(=O)c1ccc(NCC2CCOC2)cc1. The molecular formula is C14H21NO3S. The van der Waals surface area contributed by atoms with Crippen LogP contribution in [0.2, 0.25) is 0 Å². The number of sulfone groups is 1. The van der Waals surface area contributed by atoms with Crippen LogP contribution in [0, 0.1) is 5.92 Å². The van der Waals surface area contributed by atoms with E-state index in [-0.39, 0.29) is 5.75 Å². The highest BCUT2D eigenvalue weighted by molar-refractivity contribution is 7.91. The molecule has 0 bridgehead atoms. The number of ether oxygens (including phenoxy) is 1. The first-order chi connectivity index (χ1) is 9.12. The van der Waals surface area contributed by atoms with Gasteiger partial charge < -0.3 is 10.1 Å². The lowest BCUT2D eigenvalue weighted by atomic mass is 10.1. The normalized spacial score (nSPS) is 19.5. The molecule has 1 unspecified atom stereocenters. The summed E-state index contributed by atoms with van der Waals surface area (Å²) in [5.41, 5.74) is 0.961. The summed E-state index contributed by atoms with van der Waals surface area (Å²) in [6.07, 6.45) is 1.74. The van der Waals surface area contributed by atoms with Gasteiger partial charge in [0.1, 0.15) is 0 Å². The maximum atomic E-state index is 11.9. The molecule has 1 atom stereocenters.